The van der Waals surface area contributed by atoms with Crippen LogP contribution in [0.5, 0.6) is 0 Å². The van der Waals surface area contributed by atoms with E-state index < -0.39 is 35.0 Å². The first-order valence-electron chi connectivity index (χ1n) is 19.7. The maximum atomic E-state index is 15.2. The Hall–Kier alpha value is -1.58. The van der Waals surface area contributed by atoms with Crippen molar-refractivity contribution in [3.63, 3.8) is 0 Å². The Balaban J connectivity index is 1.30. The highest BCUT2D eigenvalue weighted by atomic mass is 32.2. The molecule has 3 N–H and O–H groups in total. The number of allylic oxidation sites excluding steroid dienone is 1. The minimum Gasteiger partial charge on any atom is -0.467 e. The summed E-state index contributed by atoms with van der Waals surface area (Å²) in [5.74, 6) is 1.86. The van der Waals surface area contributed by atoms with Gasteiger partial charge in [-0.15, -0.1) is 0 Å². The van der Waals surface area contributed by atoms with Gasteiger partial charge in [-0.05, 0) is 148 Å². The maximum absolute atomic E-state index is 15.2. The third kappa shape index (κ3) is 5.46. The third-order valence-electron chi connectivity index (χ3n) is 16.8. The lowest BCUT2D eigenvalue weighted by atomic mass is 9.32. The van der Waals surface area contributed by atoms with E-state index in [1.807, 2.05) is 11.2 Å². The molecule has 1 aliphatic heterocycles. The van der Waals surface area contributed by atoms with E-state index in [9.17, 15) is 19.8 Å². The number of nitrogens with zero attached hydrogens (tertiary/aromatic N) is 1. The summed E-state index contributed by atoms with van der Waals surface area (Å²) >= 11 is 1.62. The zero-order valence-corrected chi connectivity index (χ0v) is 32.8. The van der Waals surface area contributed by atoms with Crippen LogP contribution in [0.4, 0.5) is 0 Å². The van der Waals surface area contributed by atoms with Gasteiger partial charge < -0.3 is 25.2 Å². The van der Waals surface area contributed by atoms with Gasteiger partial charge in [-0.1, -0.05) is 39.8 Å². The van der Waals surface area contributed by atoms with Gasteiger partial charge in [0.05, 0.1) is 25.2 Å². The molecule has 1 saturated heterocycles. The predicted octanol–water partition coefficient (Wildman–Crippen LogP) is 6.38. The number of aliphatic hydroxyl groups is 2. The van der Waals surface area contributed by atoms with Crippen LogP contribution in [-0.4, -0.2) is 83.4 Å². The molecular weight excluding hydrogens is 649 g/mol. The lowest BCUT2D eigenvalue weighted by Gasteiger charge is -2.73. The number of fused-ring (bicyclic) bond motifs is 7. The van der Waals surface area contributed by atoms with Gasteiger partial charge in [0.15, 0.2) is 0 Å². The average Bonchev–Trinajstić information content (AvgIpc) is 3.75. The lowest BCUT2D eigenvalue weighted by Crippen LogP contribution is -2.68. The topological polar surface area (TPSA) is 116 Å². The number of methoxy groups -OCH3 is 1. The molecule has 9 heteroatoms. The zero-order chi connectivity index (χ0) is 36.4. The van der Waals surface area contributed by atoms with Crippen molar-refractivity contribution in [2.75, 3.05) is 32.3 Å². The summed E-state index contributed by atoms with van der Waals surface area (Å²) in [5, 5.41) is 24.8. The van der Waals surface area contributed by atoms with Gasteiger partial charge in [0.1, 0.15) is 12.1 Å². The summed E-state index contributed by atoms with van der Waals surface area (Å²) in [4.78, 5) is 43.5. The van der Waals surface area contributed by atoms with E-state index >= 15 is 4.79 Å². The number of carbonyl (C=O) groups is 3. The molecule has 8 nitrogen and oxygen atoms in total. The Morgan fingerprint density at radius 3 is 2.36 bits per heavy atom. The fraction of sp³-hybridized carbons (Fsp3) is 0.878. The summed E-state index contributed by atoms with van der Waals surface area (Å²) in [6.45, 7) is 17.0. The van der Waals surface area contributed by atoms with Crippen molar-refractivity contribution >= 4 is 29.5 Å². The van der Waals surface area contributed by atoms with Gasteiger partial charge in [-0.3, -0.25) is 9.59 Å². The van der Waals surface area contributed by atoms with Gasteiger partial charge in [0.2, 0.25) is 11.8 Å². The largest absolute Gasteiger partial charge is 0.467 e. The Morgan fingerprint density at radius 1 is 0.960 bits per heavy atom. The maximum Gasteiger partial charge on any atom is 0.328 e. The van der Waals surface area contributed by atoms with Gasteiger partial charge in [0, 0.05) is 12.0 Å². The second kappa shape index (κ2) is 13.7. The number of hydrogen-bond acceptors (Lipinski definition) is 7. The van der Waals surface area contributed by atoms with Gasteiger partial charge >= 0.3 is 5.97 Å². The van der Waals surface area contributed by atoms with Gasteiger partial charge in [0.25, 0.3) is 0 Å². The quantitative estimate of drug-likeness (QED) is 0.188. The number of esters is 1. The molecule has 50 heavy (non-hydrogen) atoms. The highest BCUT2D eigenvalue weighted by Gasteiger charge is 2.72. The second-order valence-electron chi connectivity index (χ2n) is 18.6. The molecule has 5 aliphatic carbocycles. The fourth-order valence-corrected chi connectivity index (χ4v) is 14.5. The number of thioether (sulfide) groups is 1. The number of ether oxygens (including phenoxy) is 1. The van der Waals surface area contributed by atoms with Crippen molar-refractivity contribution in [3.8, 4) is 0 Å². The number of carbonyl (C=O) groups excluding carboxylic acids is 3. The number of rotatable bonds is 9. The third-order valence-corrected chi connectivity index (χ3v) is 17.5. The fourth-order valence-electron chi connectivity index (χ4n) is 14.0. The van der Waals surface area contributed by atoms with Gasteiger partial charge in [-0.2, -0.15) is 11.8 Å². The van der Waals surface area contributed by atoms with Crippen molar-refractivity contribution in [2.45, 2.75) is 136 Å². The van der Waals surface area contributed by atoms with Crippen LogP contribution < -0.4 is 5.32 Å². The summed E-state index contributed by atoms with van der Waals surface area (Å²) in [5.41, 5.74) is 0.399. The van der Waals surface area contributed by atoms with Crippen molar-refractivity contribution < 1.29 is 29.3 Å². The molecule has 1 heterocycles. The van der Waals surface area contributed by atoms with E-state index in [-0.39, 0.29) is 46.5 Å². The van der Waals surface area contributed by atoms with E-state index in [2.05, 4.69) is 46.5 Å². The zero-order valence-electron chi connectivity index (χ0n) is 32.0. The normalized spacial score (nSPS) is 45.8. The van der Waals surface area contributed by atoms with Crippen LogP contribution in [-0.2, 0) is 19.1 Å². The van der Waals surface area contributed by atoms with Crippen molar-refractivity contribution in [1.29, 1.82) is 0 Å². The van der Waals surface area contributed by atoms with Crippen LogP contribution >= 0.6 is 11.8 Å². The van der Waals surface area contributed by atoms with E-state index in [0.717, 1.165) is 76.4 Å². The van der Waals surface area contributed by atoms with E-state index in [0.29, 0.717) is 37.1 Å². The molecule has 0 bridgehead atoms. The first-order chi connectivity index (χ1) is 23.6. The first-order valence-corrected chi connectivity index (χ1v) is 21.1. The molecule has 6 fully saturated rings. The number of likely N-dealkylation sites (tertiary alicyclic amines) is 1. The molecule has 0 radical (unpaired) electrons. The van der Waals surface area contributed by atoms with Crippen LogP contribution in [0.25, 0.3) is 0 Å². The van der Waals surface area contributed by atoms with Crippen molar-refractivity contribution in [3.05, 3.63) is 12.2 Å². The molecule has 13 atom stereocenters. The highest BCUT2D eigenvalue weighted by Crippen LogP contribution is 2.77. The molecule has 6 rings (SSSR count). The first kappa shape index (κ1) is 38.2. The smallest absolute Gasteiger partial charge is 0.328 e. The van der Waals surface area contributed by atoms with E-state index in [4.69, 9.17) is 4.74 Å². The highest BCUT2D eigenvalue weighted by molar-refractivity contribution is 7.98. The number of hydrogen-bond donors (Lipinski definition) is 3. The van der Waals surface area contributed by atoms with Crippen molar-refractivity contribution in [2.24, 2.45) is 56.7 Å². The number of amides is 2. The molecular formula is C41H66N2O6S. The average molecular weight is 715 g/mol. The standard InChI is InChI=1S/C41H66N2O6S/c1-25(2)26-13-19-41(36(48)43-22-9-10-29(43)34(46)42-28(16-23-50-8)35(47)49-7)21-20-39(5)27(33(26)41)11-12-31-37(3)17-15-32(45)38(4,24-44)30(37)14-18-40(31,39)6/h26-33,44-45H,1,9-24H2,2-8H3,(H,42,46)/t26-,27+,28-,29-,30+,31+,32-,33+,37-,38-,39+,40+,41-/m0/s1. The molecule has 0 spiro atoms. The predicted molar refractivity (Wildman–Crippen MR) is 198 cm³/mol. The molecule has 282 valence electrons. The Morgan fingerprint density at radius 2 is 1.70 bits per heavy atom. The van der Waals surface area contributed by atoms with Crippen LogP contribution in [0.2, 0.25) is 0 Å². The number of aliphatic hydroxyl groups excluding tert-OH is 2. The Kier molecular flexibility index (Phi) is 10.4. The minimum absolute atomic E-state index is 0.0292. The van der Waals surface area contributed by atoms with Crippen LogP contribution in [0, 0.1) is 56.7 Å². The minimum atomic E-state index is -0.714. The number of nitrogens with one attached hydrogen (secondary N) is 1. The molecule has 2 amide bonds. The molecule has 0 unspecified atom stereocenters. The van der Waals surface area contributed by atoms with Crippen LogP contribution in [0.3, 0.4) is 0 Å². The summed E-state index contributed by atoms with van der Waals surface area (Å²) in [6.07, 6.45) is 13.1. The lowest BCUT2D eigenvalue weighted by molar-refractivity contribution is -0.253. The summed E-state index contributed by atoms with van der Waals surface area (Å²) in [7, 11) is 1.35. The monoisotopic (exact) mass is 714 g/mol. The molecule has 6 aliphatic rings. The SMILES string of the molecule is C=C(C)[C@@H]1CC[C@]2(C(=O)N3CCC[C@H]3C(=O)N[C@@H](CCSC)C(=O)OC)CC[C@]3(C)[C@H](CC[C@@H]4[C@@]5(C)CC[C@H](O)[C@@](C)(CO)[C@@H]5CC[C@]43C)[C@@H]12. The molecule has 0 aromatic rings. The Labute approximate surface area is 305 Å². The Bertz CT molecular complexity index is 1360. The summed E-state index contributed by atoms with van der Waals surface area (Å²) < 4.78 is 5.02. The van der Waals surface area contributed by atoms with E-state index in [1.165, 1.54) is 12.7 Å². The van der Waals surface area contributed by atoms with Crippen molar-refractivity contribution in [1.82, 2.24) is 10.2 Å². The molecule has 0 aromatic heterocycles. The van der Waals surface area contributed by atoms with E-state index in [1.54, 1.807) is 11.8 Å². The molecule has 0 aromatic carbocycles. The summed E-state index contributed by atoms with van der Waals surface area (Å²) in [6, 6.07) is -1.28. The molecule has 5 saturated carbocycles. The van der Waals surface area contributed by atoms with Crippen LogP contribution in [0.15, 0.2) is 12.2 Å². The van der Waals surface area contributed by atoms with Crippen LogP contribution in [0.1, 0.15) is 118 Å². The van der Waals surface area contributed by atoms with Gasteiger partial charge in [-0.25, -0.2) is 4.79 Å². The second-order valence-corrected chi connectivity index (χ2v) is 19.6.